The van der Waals surface area contributed by atoms with E-state index in [1.165, 1.54) is 4.90 Å². The third kappa shape index (κ3) is 5.18. The highest BCUT2D eigenvalue weighted by molar-refractivity contribution is 5.82. The smallest absolute Gasteiger partial charge is 0.328 e. The van der Waals surface area contributed by atoms with E-state index in [2.05, 4.69) is 10.6 Å². The van der Waals surface area contributed by atoms with Gasteiger partial charge in [0.1, 0.15) is 0 Å². The second kappa shape index (κ2) is 7.02. The van der Waals surface area contributed by atoms with Gasteiger partial charge in [-0.1, -0.05) is 0 Å². The summed E-state index contributed by atoms with van der Waals surface area (Å²) in [4.78, 5) is 23.2. The molecule has 4 N–H and O–H groups in total. The number of hydrogen-bond donors (Lipinski definition) is 4. The molecule has 0 aliphatic heterocycles. The molecule has 0 aromatic heterocycles. The first-order chi connectivity index (χ1) is 7.02. The van der Waals surface area contributed by atoms with Gasteiger partial charge in [-0.25, -0.2) is 9.59 Å². The zero-order chi connectivity index (χ0) is 11.8. The highest BCUT2D eigenvalue weighted by atomic mass is 16.4. The summed E-state index contributed by atoms with van der Waals surface area (Å²) in [6, 6.07) is -1.78. The molecule has 0 unspecified atom stereocenters. The molecule has 0 bridgehead atoms. The fraction of sp³-hybridized carbons (Fsp3) is 0.750. The molecule has 0 spiro atoms. The number of aliphatic hydroxyl groups is 1. The summed E-state index contributed by atoms with van der Waals surface area (Å²) in [7, 11) is 3.29. The Morgan fingerprint density at radius 1 is 1.47 bits per heavy atom. The summed E-state index contributed by atoms with van der Waals surface area (Å²) in [5.74, 6) is -1.26. The minimum Gasteiger partial charge on any atom is -0.480 e. The molecule has 7 nitrogen and oxygen atoms in total. The lowest BCUT2D eigenvalue weighted by molar-refractivity contribution is -0.140. The average Bonchev–Trinajstić information content (AvgIpc) is 2.21. The van der Waals surface area contributed by atoms with E-state index in [0.29, 0.717) is 13.1 Å². The van der Waals surface area contributed by atoms with Gasteiger partial charge in [0.25, 0.3) is 0 Å². The number of aliphatic carboxylic acids is 1. The lowest BCUT2D eigenvalue weighted by Gasteiger charge is -2.20. The van der Waals surface area contributed by atoms with Crippen molar-refractivity contribution in [2.45, 2.75) is 6.04 Å². The van der Waals surface area contributed by atoms with Crippen LogP contribution in [0.2, 0.25) is 0 Å². The van der Waals surface area contributed by atoms with E-state index in [1.807, 2.05) is 0 Å². The normalized spacial score (nSPS) is 11.9. The van der Waals surface area contributed by atoms with Gasteiger partial charge < -0.3 is 25.7 Å². The number of hydrogen-bond acceptors (Lipinski definition) is 4. The van der Waals surface area contributed by atoms with E-state index in [1.54, 1.807) is 14.1 Å². The fourth-order valence-electron chi connectivity index (χ4n) is 0.826. The van der Waals surface area contributed by atoms with Crippen molar-refractivity contribution in [3.05, 3.63) is 0 Å². The monoisotopic (exact) mass is 219 g/mol. The van der Waals surface area contributed by atoms with E-state index in [9.17, 15) is 9.59 Å². The van der Waals surface area contributed by atoms with Crippen molar-refractivity contribution in [1.29, 1.82) is 0 Å². The number of carbonyl (C=O) groups excluding carboxylic acids is 1. The second-order valence-corrected chi connectivity index (χ2v) is 3.05. The SMILES string of the molecule is CNCCN(C)C(=O)N[C@H](CO)C(=O)O. The molecule has 1 atom stereocenters. The van der Waals surface area contributed by atoms with Gasteiger partial charge in [-0.15, -0.1) is 0 Å². The Morgan fingerprint density at radius 2 is 2.07 bits per heavy atom. The third-order valence-electron chi connectivity index (χ3n) is 1.82. The number of carbonyl (C=O) groups is 2. The summed E-state index contributed by atoms with van der Waals surface area (Å²) >= 11 is 0. The molecule has 2 amide bonds. The van der Waals surface area contributed by atoms with Crippen LogP contribution in [-0.4, -0.2) is 66.9 Å². The van der Waals surface area contributed by atoms with Gasteiger partial charge >= 0.3 is 12.0 Å². The van der Waals surface area contributed by atoms with Crippen LogP contribution in [0.4, 0.5) is 4.79 Å². The molecular weight excluding hydrogens is 202 g/mol. The van der Waals surface area contributed by atoms with Crippen molar-refractivity contribution in [2.24, 2.45) is 0 Å². The topological polar surface area (TPSA) is 102 Å². The maximum atomic E-state index is 11.3. The summed E-state index contributed by atoms with van der Waals surface area (Å²) < 4.78 is 0. The van der Waals surface area contributed by atoms with Gasteiger partial charge in [0.15, 0.2) is 6.04 Å². The van der Waals surface area contributed by atoms with Gasteiger partial charge in [-0.05, 0) is 7.05 Å². The number of carboxylic acids is 1. The van der Waals surface area contributed by atoms with Crippen LogP contribution in [0, 0.1) is 0 Å². The summed E-state index contributed by atoms with van der Waals surface area (Å²) in [5.41, 5.74) is 0. The molecule has 88 valence electrons. The van der Waals surface area contributed by atoms with Crippen LogP contribution in [-0.2, 0) is 4.79 Å². The number of carboxylic acid groups (broad SMARTS) is 1. The number of rotatable bonds is 6. The number of nitrogens with zero attached hydrogens (tertiary/aromatic N) is 1. The van der Waals surface area contributed by atoms with Gasteiger partial charge in [0.05, 0.1) is 6.61 Å². The maximum Gasteiger partial charge on any atom is 0.328 e. The average molecular weight is 219 g/mol. The van der Waals surface area contributed by atoms with E-state index in [4.69, 9.17) is 10.2 Å². The number of amides is 2. The lowest BCUT2D eigenvalue weighted by atomic mass is 10.3. The Hall–Kier alpha value is -1.34. The standard InChI is InChI=1S/C8H17N3O4/c1-9-3-4-11(2)8(15)10-6(5-12)7(13)14/h6,9,12H,3-5H2,1-2H3,(H,10,15)(H,13,14)/t6-/m1/s1. The predicted molar refractivity (Wildman–Crippen MR) is 53.6 cm³/mol. The highest BCUT2D eigenvalue weighted by Crippen LogP contribution is 1.88. The Bertz CT molecular complexity index is 222. The van der Waals surface area contributed by atoms with E-state index < -0.39 is 24.6 Å². The number of urea groups is 1. The first kappa shape index (κ1) is 13.7. The Balaban J connectivity index is 4.04. The van der Waals surface area contributed by atoms with Crippen LogP contribution in [0.25, 0.3) is 0 Å². The van der Waals surface area contributed by atoms with Gasteiger partial charge in [-0.3, -0.25) is 0 Å². The molecule has 0 saturated carbocycles. The molecular formula is C8H17N3O4. The zero-order valence-electron chi connectivity index (χ0n) is 8.86. The van der Waals surface area contributed by atoms with Crippen molar-refractivity contribution in [2.75, 3.05) is 33.8 Å². The molecule has 0 fully saturated rings. The van der Waals surface area contributed by atoms with Gasteiger partial charge in [0, 0.05) is 20.1 Å². The van der Waals surface area contributed by atoms with Crippen molar-refractivity contribution >= 4 is 12.0 Å². The maximum absolute atomic E-state index is 11.3. The highest BCUT2D eigenvalue weighted by Gasteiger charge is 2.20. The summed E-state index contributed by atoms with van der Waals surface area (Å²) in [5, 5.41) is 22.3. The molecule has 0 heterocycles. The van der Waals surface area contributed by atoms with Crippen LogP contribution >= 0.6 is 0 Å². The van der Waals surface area contributed by atoms with E-state index >= 15 is 0 Å². The molecule has 7 heteroatoms. The number of aliphatic hydroxyl groups excluding tert-OH is 1. The predicted octanol–water partition coefficient (Wildman–Crippen LogP) is -1.71. The lowest BCUT2D eigenvalue weighted by Crippen LogP contribution is -2.49. The van der Waals surface area contributed by atoms with Crippen LogP contribution < -0.4 is 10.6 Å². The minimum atomic E-state index is -1.26. The van der Waals surface area contributed by atoms with Crippen molar-refractivity contribution in [1.82, 2.24) is 15.5 Å². The Labute approximate surface area is 88.1 Å². The van der Waals surface area contributed by atoms with Gasteiger partial charge in [0.2, 0.25) is 0 Å². The van der Waals surface area contributed by atoms with Gasteiger partial charge in [-0.2, -0.15) is 0 Å². The summed E-state index contributed by atoms with van der Waals surface area (Å²) in [6.07, 6.45) is 0. The van der Waals surface area contributed by atoms with Crippen molar-refractivity contribution < 1.29 is 19.8 Å². The molecule has 0 radical (unpaired) electrons. The Morgan fingerprint density at radius 3 is 2.47 bits per heavy atom. The molecule has 0 aromatic rings. The quantitative estimate of drug-likeness (QED) is 0.426. The Kier molecular flexibility index (Phi) is 6.39. The second-order valence-electron chi connectivity index (χ2n) is 3.05. The number of likely N-dealkylation sites (N-methyl/N-ethyl adjacent to an activating group) is 2. The van der Waals surface area contributed by atoms with Crippen molar-refractivity contribution in [3.63, 3.8) is 0 Å². The minimum absolute atomic E-state index is 0.458. The molecule has 0 aliphatic carbocycles. The molecule has 0 rings (SSSR count). The van der Waals surface area contributed by atoms with Crippen LogP contribution in [0.1, 0.15) is 0 Å². The zero-order valence-corrected chi connectivity index (χ0v) is 8.86. The molecule has 15 heavy (non-hydrogen) atoms. The van der Waals surface area contributed by atoms with Crippen LogP contribution in [0.3, 0.4) is 0 Å². The van der Waals surface area contributed by atoms with Crippen LogP contribution in [0.5, 0.6) is 0 Å². The van der Waals surface area contributed by atoms with E-state index in [0.717, 1.165) is 0 Å². The first-order valence-corrected chi connectivity index (χ1v) is 4.52. The first-order valence-electron chi connectivity index (χ1n) is 4.52. The fourth-order valence-corrected chi connectivity index (χ4v) is 0.826. The molecule has 0 saturated heterocycles. The molecule has 0 aromatic carbocycles. The van der Waals surface area contributed by atoms with Crippen LogP contribution in [0.15, 0.2) is 0 Å². The van der Waals surface area contributed by atoms with Crippen molar-refractivity contribution in [3.8, 4) is 0 Å². The van der Waals surface area contributed by atoms with E-state index in [-0.39, 0.29) is 0 Å². The largest absolute Gasteiger partial charge is 0.480 e. The third-order valence-corrected chi connectivity index (χ3v) is 1.82. The molecule has 0 aliphatic rings. The number of nitrogens with one attached hydrogen (secondary N) is 2. The summed E-state index contributed by atoms with van der Waals surface area (Å²) in [6.45, 7) is 0.446.